The molecule has 0 radical (unpaired) electrons. The molecule has 4 N–H and O–H groups in total. The maximum atomic E-state index is 6.20. The predicted octanol–water partition coefficient (Wildman–Crippen LogP) is 6.98. The smallest absolute Gasteiger partial charge is 0.0320 e. The molecule has 4 aromatic rings. The third kappa shape index (κ3) is 3.95. The van der Waals surface area contributed by atoms with E-state index < -0.39 is 0 Å². The fraction of sp³-hybridized carbons (Fsp3) is 0.143. The highest BCUT2D eigenvalue weighted by Gasteiger charge is 2.14. The van der Waals surface area contributed by atoms with E-state index in [0.717, 1.165) is 46.5 Å². The lowest BCUT2D eigenvalue weighted by Gasteiger charge is -2.17. The Balaban J connectivity index is 1.95. The van der Waals surface area contributed by atoms with Crippen LogP contribution in [0, 0.1) is 0 Å². The fourth-order valence-corrected chi connectivity index (χ4v) is 3.99. The quantitative estimate of drug-likeness (QED) is 0.360. The Morgan fingerprint density at radius 3 is 1.33 bits per heavy atom. The second-order valence-corrected chi connectivity index (χ2v) is 7.72. The van der Waals surface area contributed by atoms with Crippen LogP contribution in [0.1, 0.15) is 25.0 Å². The van der Waals surface area contributed by atoms with Gasteiger partial charge >= 0.3 is 0 Å². The van der Waals surface area contributed by atoms with Gasteiger partial charge in [-0.15, -0.1) is 0 Å². The largest absolute Gasteiger partial charge is 0.399 e. The Labute approximate surface area is 179 Å². The minimum absolute atomic E-state index is 0.764. The summed E-state index contributed by atoms with van der Waals surface area (Å²) >= 11 is 0. The average Bonchev–Trinajstić information content (AvgIpc) is 2.79. The van der Waals surface area contributed by atoms with Gasteiger partial charge in [0, 0.05) is 11.4 Å². The summed E-state index contributed by atoms with van der Waals surface area (Å²) in [4.78, 5) is 0. The van der Waals surface area contributed by atoms with E-state index in [-0.39, 0.29) is 0 Å². The van der Waals surface area contributed by atoms with Crippen LogP contribution < -0.4 is 11.5 Å². The number of benzene rings is 4. The summed E-state index contributed by atoms with van der Waals surface area (Å²) in [7, 11) is 0. The first kappa shape index (κ1) is 19.8. The van der Waals surface area contributed by atoms with Crippen molar-refractivity contribution >= 4 is 11.4 Å². The van der Waals surface area contributed by atoms with Gasteiger partial charge in [0.05, 0.1) is 0 Å². The molecule has 0 aliphatic heterocycles. The standard InChI is InChI=1S/C28H28N2/c1-3-19-7-5-9-21(15-19)27-17-23(29)11-13-25(27)26-14-12-24(30)18-28(26)22-10-6-8-20(4-2)16-22/h5-18H,3-4,29-30H2,1-2H3. The van der Waals surface area contributed by atoms with Gasteiger partial charge in [-0.3, -0.25) is 0 Å². The van der Waals surface area contributed by atoms with Crippen molar-refractivity contribution in [1.82, 2.24) is 0 Å². The predicted molar refractivity (Wildman–Crippen MR) is 130 cm³/mol. The van der Waals surface area contributed by atoms with Crippen molar-refractivity contribution in [2.24, 2.45) is 0 Å². The Bertz CT molecular complexity index is 1100. The van der Waals surface area contributed by atoms with Gasteiger partial charge in [-0.1, -0.05) is 74.5 Å². The van der Waals surface area contributed by atoms with Crippen LogP contribution in [0.5, 0.6) is 0 Å². The number of aryl methyl sites for hydroxylation is 2. The molecule has 0 atom stereocenters. The number of anilines is 2. The zero-order chi connectivity index (χ0) is 21.1. The van der Waals surface area contributed by atoms with E-state index in [0.29, 0.717) is 0 Å². The van der Waals surface area contributed by atoms with Crippen LogP contribution in [0.15, 0.2) is 84.9 Å². The van der Waals surface area contributed by atoms with Crippen LogP contribution in [-0.2, 0) is 12.8 Å². The molecule has 0 fully saturated rings. The molecule has 0 spiro atoms. The number of nitrogen functional groups attached to an aromatic ring is 2. The normalized spacial score (nSPS) is 10.9. The van der Waals surface area contributed by atoms with Crippen LogP contribution in [0.2, 0.25) is 0 Å². The molecule has 4 aromatic carbocycles. The summed E-state index contributed by atoms with van der Waals surface area (Å²) in [6.45, 7) is 4.36. The zero-order valence-corrected chi connectivity index (χ0v) is 17.7. The van der Waals surface area contributed by atoms with Gasteiger partial charge in [0.15, 0.2) is 0 Å². The minimum atomic E-state index is 0.764. The van der Waals surface area contributed by atoms with Gasteiger partial charge in [0.1, 0.15) is 0 Å². The van der Waals surface area contributed by atoms with Crippen LogP contribution >= 0.6 is 0 Å². The SMILES string of the molecule is CCc1cccc(-c2cc(N)ccc2-c2ccc(N)cc2-c2cccc(CC)c2)c1. The van der Waals surface area contributed by atoms with Crippen LogP contribution in [0.3, 0.4) is 0 Å². The fourth-order valence-electron chi connectivity index (χ4n) is 3.99. The van der Waals surface area contributed by atoms with E-state index in [1.54, 1.807) is 0 Å². The molecule has 0 aliphatic carbocycles. The number of hydrogen-bond donors (Lipinski definition) is 2. The van der Waals surface area contributed by atoms with E-state index in [9.17, 15) is 0 Å². The number of hydrogen-bond acceptors (Lipinski definition) is 2. The third-order valence-corrected chi connectivity index (χ3v) is 5.67. The Hall–Kier alpha value is -3.52. The number of rotatable bonds is 5. The topological polar surface area (TPSA) is 52.0 Å². The summed E-state index contributed by atoms with van der Waals surface area (Å²) in [6, 6.07) is 29.8. The molecule has 150 valence electrons. The van der Waals surface area contributed by atoms with E-state index in [1.807, 2.05) is 12.1 Å². The highest BCUT2D eigenvalue weighted by atomic mass is 14.5. The minimum Gasteiger partial charge on any atom is -0.399 e. The molecule has 30 heavy (non-hydrogen) atoms. The van der Waals surface area contributed by atoms with Gasteiger partial charge in [0.25, 0.3) is 0 Å². The lowest BCUT2D eigenvalue weighted by Crippen LogP contribution is -1.95. The van der Waals surface area contributed by atoms with Gasteiger partial charge in [-0.25, -0.2) is 0 Å². The van der Waals surface area contributed by atoms with E-state index >= 15 is 0 Å². The molecule has 4 rings (SSSR count). The molecule has 0 amide bonds. The monoisotopic (exact) mass is 392 g/mol. The summed E-state index contributed by atoms with van der Waals surface area (Å²) in [5, 5.41) is 0. The molecule has 0 aromatic heterocycles. The van der Waals surface area contributed by atoms with Gasteiger partial charge < -0.3 is 11.5 Å². The van der Waals surface area contributed by atoms with Crippen molar-refractivity contribution in [2.45, 2.75) is 26.7 Å². The summed E-state index contributed by atoms with van der Waals surface area (Å²) < 4.78 is 0. The maximum Gasteiger partial charge on any atom is 0.0320 e. The lowest BCUT2D eigenvalue weighted by molar-refractivity contribution is 1.14. The van der Waals surface area contributed by atoms with Gasteiger partial charge in [-0.2, -0.15) is 0 Å². The Kier molecular flexibility index (Phi) is 5.58. The van der Waals surface area contributed by atoms with Crippen molar-refractivity contribution in [3.63, 3.8) is 0 Å². The van der Waals surface area contributed by atoms with Gasteiger partial charge in [-0.05, 0) is 81.6 Å². The average molecular weight is 393 g/mol. The van der Waals surface area contributed by atoms with E-state index in [2.05, 4.69) is 86.6 Å². The molecule has 2 heteroatoms. The molecule has 0 bridgehead atoms. The molecule has 0 saturated heterocycles. The molecular formula is C28H28N2. The van der Waals surface area contributed by atoms with Crippen molar-refractivity contribution in [2.75, 3.05) is 11.5 Å². The van der Waals surface area contributed by atoms with Crippen molar-refractivity contribution in [1.29, 1.82) is 0 Å². The second kappa shape index (κ2) is 8.46. The Morgan fingerprint density at radius 2 is 0.933 bits per heavy atom. The summed E-state index contributed by atoms with van der Waals surface area (Å²) in [6.07, 6.45) is 2.00. The zero-order valence-electron chi connectivity index (χ0n) is 17.7. The molecule has 0 aliphatic rings. The Morgan fingerprint density at radius 1 is 0.500 bits per heavy atom. The highest BCUT2D eigenvalue weighted by molar-refractivity contribution is 5.93. The van der Waals surface area contributed by atoms with Crippen LogP contribution in [0.25, 0.3) is 33.4 Å². The number of nitrogens with two attached hydrogens (primary N) is 2. The van der Waals surface area contributed by atoms with Crippen LogP contribution in [-0.4, -0.2) is 0 Å². The first-order chi connectivity index (χ1) is 14.6. The molecule has 0 saturated carbocycles. The first-order valence-electron chi connectivity index (χ1n) is 10.6. The van der Waals surface area contributed by atoms with E-state index in [4.69, 9.17) is 11.5 Å². The molecule has 2 nitrogen and oxygen atoms in total. The molecule has 0 heterocycles. The third-order valence-electron chi connectivity index (χ3n) is 5.67. The first-order valence-corrected chi connectivity index (χ1v) is 10.6. The molecule has 0 unspecified atom stereocenters. The second-order valence-electron chi connectivity index (χ2n) is 7.72. The highest BCUT2D eigenvalue weighted by Crippen LogP contribution is 2.40. The van der Waals surface area contributed by atoms with Crippen molar-refractivity contribution in [3.8, 4) is 33.4 Å². The maximum absolute atomic E-state index is 6.20. The van der Waals surface area contributed by atoms with Crippen molar-refractivity contribution in [3.05, 3.63) is 96.1 Å². The van der Waals surface area contributed by atoms with E-state index in [1.165, 1.54) is 22.3 Å². The summed E-state index contributed by atoms with van der Waals surface area (Å²) in [5.74, 6) is 0. The van der Waals surface area contributed by atoms with Crippen molar-refractivity contribution < 1.29 is 0 Å². The van der Waals surface area contributed by atoms with Gasteiger partial charge in [0.2, 0.25) is 0 Å². The molecular weight excluding hydrogens is 364 g/mol. The summed E-state index contributed by atoms with van der Waals surface area (Å²) in [5.41, 5.74) is 23.5. The lowest BCUT2D eigenvalue weighted by atomic mass is 9.88. The van der Waals surface area contributed by atoms with Crippen LogP contribution in [0.4, 0.5) is 11.4 Å².